The Kier molecular flexibility index (Phi) is 11.6. The first-order valence-corrected chi connectivity index (χ1v) is 7.61. The molecule has 1 unspecified atom stereocenters. The van der Waals surface area contributed by atoms with Crippen molar-refractivity contribution in [2.75, 3.05) is 6.61 Å². The van der Waals surface area contributed by atoms with Gasteiger partial charge in [0, 0.05) is 5.57 Å². The number of carbonyl (C=O) groups is 1. The topological polar surface area (TPSA) is 26.3 Å². The molecule has 0 rings (SSSR count). The molecule has 0 aromatic carbocycles. The molecule has 0 aromatic heterocycles. The smallest absolute Gasteiger partial charge is 0.333 e. The van der Waals surface area contributed by atoms with Gasteiger partial charge in [-0.2, -0.15) is 0 Å². The van der Waals surface area contributed by atoms with Crippen LogP contribution in [-0.2, 0) is 9.53 Å². The lowest BCUT2D eigenvalue weighted by Gasteiger charge is -2.06. The molecule has 0 saturated carbocycles. The van der Waals surface area contributed by atoms with Gasteiger partial charge in [-0.25, -0.2) is 9.18 Å². The van der Waals surface area contributed by atoms with Crippen LogP contribution in [0.1, 0.15) is 72.1 Å². The highest BCUT2D eigenvalue weighted by molar-refractivity contribution is 5.87. The molecule has 0 bridgehead atoms. The summed E-state index contributed by atoms with van der Waals surface area (Å²) in [6.45, 7) is 5.89. The van der Waals surface area contributed by atoms with E-state index in [1.165, 1.54) is 38.2 Å². The van der Waals surface area contributed by atoms with E-state index < -0.39 is 12.1 Å². The quantitative estimate of drug-likeness (QED) is 0.301. The second-order valence-electron chi connectivity index (χ2n) is 5.00. The number of alkyl halides is 1. The van der Waals surface area contributed by atoms with Crippen LogP contribution in [0, 0.1) is 0 Å². The SMILES string of the molecule is CCCCCCCCCC(F)/C=C(\C)C(=O)OCC. The van der Waals surface area contributed by atoms with Gasteiger partial charge in [0.15, 0.2) is 0 Å². The lowest BCUT2D eigenvalue weighted by Crippen LogP contribution is -2.07. The highest BCUT2D eigenvalue weighted by Crippen LogP contribution is 2.13. The number of unbranched alkanes of at least 4 members (excludes halogenated alkanes) is 6. The molecular weight excluding hydrogens is 243 g/mol. The van der Waals surface area contributed by atoms with Crippen molar-refractivity contribution in [1.29, 1.82) is 0 Å². The molecular formula is C16H29FO2. The third-order valence-electron chi connectivity index (χ3n) is 3.11. The molecule has 1 atom stereocenters. The van der Waals surface area contributed by atoms with Gasteiger partial charge in [0.25, 0.3) is 0 Å². The molecule has 0 spiro atoms. The van der Waals surface area contributed by atoms with E-state index >= 15 is 0 Å². The molecule has 0 amide bonds. The highest BCUT2D eigenvalue weighted by atomic mass is 19.1. The van der Waals surface area contributed by atoms with Crippen LogP contribution >= 0.6 is 0 Å². The molecule has 0 fully saturated rings. The predicted molar refractivity (Wildman–Crippen MR) is 77.9 cm³/mol. The van der Waals surface area contributed by atoms with Gasteiger partial charge in [0.1, 0.15) is 6.17 Å². The van der Waals surface area contributed by atoms with E-state index in [0.717, 1.165) is 12.8 Å². The fourth-order valence-electron chi connectivity index (χ4n) is 1.96. The zero-order valence-corrected chi connectivity index (χ0v) is 12.7. The van der Waals surface area contributed by atoms with Crippen molar-refractivity contribution in [3.8, 4) is 0 Å². The zero-order chi connectivity index (χ0) is 14.5. The Morgan fingerprint density at radius 1 is 1.11 bits per heavy atom. The summed E-state index contributed by atoms with van der Waals surface area (Å²) in [5.41, 5.74) is 0.372. The Morgan fingerprint density at radius 2 is 1.68 bits per heavy atom. The molecule has 0 saturated heterocycles. The first-order valence-electron chi connectivity index (χ1n) is 7.61. The highest BCUT2D eigenvalue weighted by Gasteiger charge is 2.09. The molecule has 19 heavy (non-hydrogen) atoms. The van der Waals surface area contributed by atoms with Crippen LogP contribution in [0.25, 0.3) is 0 Å². The van der Waals surface area contributed by atoms with Crippen LogP contribution in [0.4, 0.5) is 4.39 Å². The fraction of sp³-hybridized carbons (Fsp3) is 0.812. The largest absolute Gasteiger partial charge is 0.463 e. The second kappa shape index (κ2) is 12.2. The number of hydrogen-bond acceptors (Lipinski definition) is 2. The number of ether oxygens (including phenoxy) is 1. The Morgan fingerprint density at radius 3 is 2.26 bits per heavy atom. The molecule has 0 aromatic rings. The summed E-state index contributed by atoms with van der Waals surface area (Å²) in [5, 5.41) is 0. The predicted octanol–water partition coefficient (Wildman–Crippen LogP) is 4.97. The Bertz CT molecular complexity index is 261. The van der Waals surface area contributed by atoms with Crippen molar-refractivity contribution < 1.29 is 13.9 Å². The van der Waals surface area contributed by atoms with Gasteiger partial charge in [0.05, 0.1) is 6.61 Å². The summed E-state index contributed by atoms with van der Waals surface area (Å²) >= 11 is 0. The van der Waals surface area contributed by atoms with Gasteiger partial charge < -0.3 is 4.74 Å². The first-order chi connectivity index (χ1) is 9.11. The van der Waals surface area contributed by atoms with Crippen molar-refractivity contribution in [2.24, 2.45) is 0 Å². The van der Waals surface area contributed by atoms with Crippen molar-refractivity contribution in [3.05, 3.63) is 11.6 Å². The van der Waals surface area contributed by atoms with Gasteiger partial charge in [-0.1, -0.05) is 51.9 Å². The minimum absolute atomic E-state index is 0.332. The molecule has 0 N–H and O–H groups in total. The van der Waals surface area contributed by atoms with Crippen molar-refractivity contribution in [2.45, 2.75) is 78.3 Å². The second-order valence-corrected chi connectivity index (χ2v) is 5.00. The van der Waals surface area contributed by atoms with Gasteiger partial charge in [-0.3, -0.25) is 0 Å². The van der Waals surface area contributed by atoms with E-state index in [-0.39, 0.29) is 0 Å². The van der Waals surface area contributed by atoms with E-state index in [2.05, 4.69) is 6.92 Å². The molecule has 0 aliphatic heterocycles. The van der Waals surface area contributed by atoms with Gasteiger partial charge in [0.2, 0.25) is 0 Å². The van der Waals surface area contributed by atoms with Crippen LogP contribution in [-0.4, -0.2) is 18.7 Å². The van der Waals surface area contributed by atoms with Crippen molar-refractivity contribution in [3.63, 3.8) is 0 Å². The molecule has 0 aliphatic carbocycles. The van der Waals surface area contributed by atoms with Gasteiger partial charge >= 0.3 is 5.97 Å². The number of carbonyl (C=O) groups excluding carboxylic acids is 1. The van der Waals surface area contributed by atoms with Gasteiger partial charge in [-0.05, 0) is 26.3 Å². The molecule has 0 aliphatic rings. The number of hydrogen-bond donors (Lipinski definition) is 0. The minimum Gasteiger partial charge on any atom is -0.463 e. The van der Waals surface area contributed by atoms with Crippen LogP contribution in [0.5, 0.6) is 0 Å². The number of esters is 1. The fourth-order valence-corrected chi connectivity index (χ4v) is 1.96. The summed E-state index contributed by atoms with van der Waals surface area (Å²) in [5.74, 6) is -0.412. The maximum Gasteiger partial charge on any atom is 0.333 e. The summed E-state index contributed by atoms with van der Waals surface area (Å²) in [7, 11) is 0. The maximum atomic E-state index is 13.6. The minimum atomic E-state index is -1.03. The van der Waals surface area contributed by atoms with Crippen molar-refractivity contribution in [1.82, 2.24) is 0 Å². The lowest BCUT2D eigenvalue weighted by atomic mass is 10.1. The monoisotopic (exact) mass is 272 g/mol. The Balaban J connectivity index is 3.65. The molecule has 2 nitrogen and oxygen atoms in total. The van der Waals surface area contributed by atoms with E-state index in [4.69, 9.17) is 4.74 Å². The van der Waals surface area contributed by atoms with E-state index in [1.54, 1.807) is 13.8 Å². The average molecular weight is 272 g/mol. The molecule has 0 radical (unpaired) electrons. The lowest BCUT2D eigenvalue weighted by molar-refractivity contribution is -0.138. The third-order valence-corrected chi connectivity index (χ3v) is 3.11. The van der Waals surface area contributed by atoms with E-state index in [0.29, 0.717) is 18.6 Å². The summed E-state index contributed by atoms with van der Waals surface area (Å²) in [6, 6.07) is 0. The summed E-state index contributed by atoms with van der Waals surface area (Å²) in [6.07, 6.45) is 9.11. The van der Waals surface area contributed by atoms with Crippen LogP contribution in [0.3, 0.4) is 0 Å². The third kappa shape index (κ3) is 10.7. The number of halogens is 1. The molecule has 0 heterocycles. The number of allylic oxidation sites excluding steroid dienone is 1. The van der Waals surface area contributed by atoms with Gasteiger partial charge in [-0.15, -0.1) is 0 Å². The number of rotatable bonds is 11. The molecule has 112 valence electrons. The first kappa shape index (κ1) is 18.1. The van der Waals surface area contributed by atoms with E-state index in [9.17, 15) is 9.18 Å². The van der Waals surface area contributed by atoms with Crippen molar-refractivity contribution >= 4 is 5.97 Å². The Labute approximate surface area is 117 Å². The van der Waals surface area contributed by atoms with Crippen LogP contribution in [0.15, 0.2) is 11.6 Å². The normalized spacial score (nSPS) is 13.4. The Hall–Kier alpha value is -0.860. The summed E-state index contributed by atoms with van der Waals surface area (Å²) in [4.78, 5) is 11.3. The summed E-state index contributed by atoms with van der Waals surface area (Å²) < 4.78 is 18.4. The van der Waals surface area contributed by atoms with E-state index in [1.807, 2.05) is 0 Å². The average Bonchev–Trinajstić information content (AvgIpc) is 2.38. The zero-order valence-electron chi connectivity index (χ0n) is 12.7. The maximum absolute atomic E-state index is 13.6. The standard InChI is InChI=1S/C16H29FO2/c1-4-6-7-8-9-10-11-12-15(17)13-14(3)16(18)19-5-2/h13,15H,4-12H2,1-3H3/b14-13+. The van der Waals surface area contributed by atoms with Crippen LogP contribution in [0.2, 0.25) is 0 Å². The molecule has 3 heteroatoms. The van der Waals surface area contributed by atoms with Crippen LogP contribution < -0.4 is 0 Å².